The predicted molar refractivity (Wildman–Crippen MR) is 234 cm³/mol. The summed E-state index contributed by atoms with van der Waals surface area (Å²) in [4.78, 5) is 49.9. The second-order valence-corrected chi connectivity index (χ2v) is 14.6. The fraction of sp³-hybridized carbons (Fsp3) is 0.409. The molecule has 0 spiro atoms. The van der Waals surface area contributed by atoms with Gasteiger partial charge < -0.3 is 14.7 Å². The highest BCUT2D eigenvalue weighted by Crippen LogP contribution is 2.29. The van der Waals surface area contributed by atoms with E-state index in [1.807, 2.05) is 53.7 Å². The van der Waals surface area contributed by atoms with Crippen molar-refractivity contribution in [1.82, 2.24) is 59.7 Å². The lowest BCUT2D eigenvalue weighted by Gasteiger charge is -2.32. The Bertz CT molecular complexity index is 2410. The molecule has 21 heteroatoms. The maximum Gasteiger partial charge on any atom is 0.419 e. The molecule has 0 aliphatic heterocycles. The standard InChI is InChI=1S/C21H24F3N7O.C21H23F3N6O.2CH4/c1-5-30(15(3)13-29(4)20-25-11-16(12-26-20)21(22,23)24)19(32)17-10-14(2)6-7-18(17)31-27-8-9-28-31;1-4-29(15(3)6-8-19-25-12-16(13-26-19)21(22,23)24)20(31)17-11-14(2)5-7-18(17)30-27-9-10-28-30;;/h6-12,15H,5,13H2,1-4H3;5,7,9-13,15H,4,6,8H2,1-3H3;2*1H4/t2*15-;;/m00../s1. The van der Waals surface area contributed by atoms with Gasteiger partial charge in [0.05, 0.1) is 58.4 Å². The summed E-state index contributed by atoms with van der Waals surface area (Å²) in [5, 5.41) is 16.5. The van der Waals surface area contributed by atoms with Gasteiger partial charge in [0.15, 0.2) is 0 Å². The predicted octanol–water partition coefficient (Wildman–Crippen LogP) is 8.51. The van der Waals surface area contributed by atoms with Crippen molar-refractivity contribution in [3.63, 3.8) is 0 Å². The molecule has 2 atom stereocenters. The Morgan fingerprint density at radius 3 is 1.40 bits per heavy atom. The zero-order chi connectivity index (χ0) is 46.1. The molecule has 4 aromatic heterocycles. The average molecular weight is 912 g/mol. The first-order valence-corrected chi connectivity index (χ1v) is 19.9. The molecule has 0 aliphatic carbocycles. The minimum atomic E-state index is -4.50. The number of nitrogens with zero attached hydrogens (tertiary/aromatic N) is 13. The molecule has 0 bridgehead atoms. The van der Waals surface area contributed by atoms with Crippen LogP contribution in [-0.4, -0.2) is 110 Å². The van der Waals surface area contributed by atoms with E-state index in [0.29, 0.717) is 60.8 Å². The fourth-order valence-electron chi connectivity index (χ4n) is 6.66. The summed E-state index contributed by atoms with van der Waals surface area (Å²) in [5.74, 6) is 0.0859. The topological polar surface area (TPSA) is 157 Å². The molecule has 6 rings (SSSR count). The number of rotatable bonds is 14. The number of hydrogen-bond acceptors (Lipinski definition) is 11. The van der Waals surface area contributed by atoms with Crippen LogP contribution in [0.15, 0.2) is 86.0 Å². The van der Waals surface area contributed by atoms with Crippen LogP contribution >= 0.6 is 0 Å². The Balaban J connectivity index is 0.000000335. The molecule has 15 nitrogen and oxygen atoms in total. The molecule has 2 aromatic carbocycles. The molecule has 0 unspecified atom stereocenters. The third kappa shape index (κ3) is 13.4. The molecule has 0 saturated heterocycles. The molecule has 350 valence electrons. The Kier molecular flexibility index (Phi) is 18.4. The first-order chi connectivity index (χ1) is 29.8. The van der Waals surface area contributed by atoms with Crippen LogP contribution in [0, 0.1) is 13.8 Å². The van der Waals surface area contributed by atoms with Gasteiger partial charge in [-0.1, -0.05) is 38.1 Å². The minimum absolute atomic E-state index is 0. The Morgan fingerprint density at radius 2 is 1.02 bits per heavy atom. The summed E-state index contributed by atoms with van der Waals surface area (Å²) < 4.78 is 76.2. The van der Waals surface area contributed by atoms with E-state index >= 15 is 0 Å². The molecule has 0 radical (unpaired) electrons. The highest BCUT2D eigenvalue weighted by atomic mass is 19.4. The third-order valence-electron chi connectivity index (χ3n) is 9.96. The second-order valence-electron chi connectivity index (χ2n) is 14.6. The lowest BCUT2D eigenvalue weighted by Crippen LogP contribution is -2.45. The van der Waals surface area contributed by atoms with E-state index in [9.17, 15) is 35.9 Å². The molecule has 0 N–H and O–H groups in total. The van der Waals surface area contributed by atoms with Crippen LogP contribution in [0.2, 0.25) is 0 Å². The smallest absolute Gasteiger partial charge is 0.342 e. The van der Waals surface area contributed by atoms with Crippen LogP contribution < -0.4 is 4.90 Å². The van der Waals surface area contributed by atoms with Gasteiger partial charge in [0, 0.05) is 70.0 Å². The molecule has 6 aromatic rings. The van der Waals surface area contributed by atoms with E-state index in [4.69, 9.17) is 0 Å². The first kappa shape index (κ1) is 52.5. The van der Waals surface area contributed by atoms with Crippen LogP contribution in [0.4, 0.5) is 32.3 Å². The number of benzene rings is 2. The van der Waals surface area contributed by atoms with Crippen molar-refractivity contribution in [1.29, 1.82) is 0 Å². The van der Waals surface area contributed by atoms with Crippen LogP contribution in [0.3, 0.4) is 0 Å². The van der Waals surface area contributed by atoms with Crippen LogP contribution in [-0.2, 0) is 18.8 Å². The van der Waals surface area contributed by atoms with E-state index in [1.54, 1.807) is 58.4 Å². The highest BCUT2D eigenvalue weighted by Gasteiger charge is 2.33. The second kappa shape index (κ2) is 22.7. The van der Waals surface area contributed by atoms with E-state index in [-0.39, 0.29) is 44.7 Å². The summed E-state index contributed by atoms with van der Waals surface area (Å²) in [5.41, 5.74) is 2.15. The van der Waals surface area contributed by atoms with Gasteiger partial charge in [-0.3, -0.25) is 9.59 Å². The number of carbonyl (C=O) groups excluding carboxylic acids is 2. The van der Waals surface area contributed by atoms with E-state index < -0.39 is 23.5 Å². The Labute approximate surface area is 374 Å². The van der Waals surface area contributed by atoms with Crippen molar-refractivity contribution in [3.05, 3.63) is 125 Å². The molecule has 65 heavy (non-hydrogen) atoms. The lowest BCUT2D eigenvalue weighted by atomic mass is 10.1. The normalized spacial score (nSPS) is 12.1. The van der Waals surface area contributed by atoms with Crippen molar-refractivity contribution in [3.8, 4) is 11.4 Å². The van der Waals surface area contributed by atoms with Gasteiger partial charge in [0.1, 0.15) is 5.82 Å². The highest BCUT2D eigenvalue weighted by molar-refractivity contribution is 5.98. The van der Waals surface area contributed by atoms with E-state index in [2.05, 4.69) is 40.3 Å². The third-order valence-corrected chi connectivity index (χ3v) is 9.96. The minimum Gasteiger partial charge on any atom is -0.342 e. The summed E-state index contributed by atoms with van der Waals surface area (Å²) in [6.07, 6.45) is 1.12. The monoisotopic (exact) mass is 911 g/mol. The van der Waals surface area contributed by atoms with E-state index in [1.165, 1.54) is 22.0 Å². The number of likely N-dealkylation sites (N-methyl/N-ethyl adjacent to an activating group) is 2. The molecule has 0 saturated carbocycles. The zero-order valence-electron chi connectivity index (χ0n) is 35.7. The first-order valence-electron chi connectivity index (χ1n) is 19.9. The number of halogens is 6. The fourth-order valence-corrected chi connectivity index (χ4v) is 6.66. The van der Waals surface area contributed by atoms with Gasteiger partial charge >= 0.3 is 12.4 Å². The average Bonchev–Trinajstić information content (AvgIpc) is 3.99. The van der Waals surface area contributed by atoms with Crippen molar-refractivity contribution in [2.24, 2.45) is 0 Å². The number of carbonyl (C=O) groups is 2. The quantitative estimate of drug-likeness (QED) is 0.0966. The van der Waals surface area contributed by atoms with Crippen molar-refractivity contribution >= 4 is 17.8 Å². The largest absolute Gasteiger partial charge is 0.419 e. The number of hydrogen-bond donors (Lipinski definition) is 0. The summed E-state index contributed by atoms with van der Waals surface area (Å²) in [6, 6.07) is 10.5. The molecule has 2 amide bonds. The van der Waals surface area contributed by atoms with Crippen LogP contribution in [0.5, 0.6) is 0 Å². The Hall–Kier alpha value is -6.80. The molecule has 0 fully saturated rings. The van der Waals surface area contributed by atoms with Crippen molar-refractivity contribution < 1.29 is 35.9 Å². The zero-order valence-corrected chi connectivity index (χ0v) is 35.7. The maximum atomic E-state index is 13.4. The molecular formula is C44H55F6N13O2. The SMILES string of the molecule is C.C.CCN(C(=O)c1cc(C)ccc1-n1nccn1)[C@@H](C)CCc1ncc(C(F)(F)F)cn1.CCN(C(=O)c1cc(C)ccc1-n1nccn1)[C@@H](C)CN(C)c1ncc(C(F)(F)F)cn1. The van der Waals surface area contributed by atoms with Gasteiger partial charge in [-0.25, -0.2) is 19.9 Å². The van der Waals surface area contributed by atoms with Crippen LogP contribution in [0.1, 0.15) is 97.8 Å². The van der Waals surface area contributed by atoms with Gasteiger partial charge in [-0.15, -0.1) is 0 Å². The molecule has 4 heterocycles. The number of aryl methyl sites for hydroxylation is 3. The van der Waals surface area contributed by atoms with Crippen molar-refractivity contribution in [2.75, 3.05) is 31.6 Å². The molecule has 0 aliphatic rings. The maximum absolute atomic E-state index is 13.4. The number of amides is 2. The number of anilines is 1. The van der Waals surface area contributed by atoms with Gasteiger partial charge in [0.2, 0.25) is 5.95 Å². The van der Waals surface area contributed by atoms with Crippen molar-refractivity contribution in [2.45, 2.75) is 93.7 Å². The lowest BCUT2D eigenvalue weighted by molar-refractivity contribution is -0.138. The van der Waals surface area contributed by atoms with E-state index in [0.717, 1.165) is 35.9 Å². The summed E-state index contributed by atoms with van der Waals surface area (Å²) in [7, 11) is 1.67. The summed E-state index contributed by atoms with van der Waals surface area (Å²) >= 11 is 0. The Morgan fingerprint density at radius 1 is 0.631 bits per heavy atom. The molecular weight excluding hydrogens is 857 g/mol. The number of alkyl halides is 6. The van der Waals surface area contributed by atoms with Gasteiger partial charge in [-0.2, -0.15) is 56.3 Å². The van der Waals surface area contributed by atoms with Gasteiger partial charge in [0.25, 0.3) is 11.8 Å². The number of aromatic nitrogens is 10. The van der Waals surface area contributed by atoms with Gasteiger partial charge in [-0.05, 0) is 72.2 Å². The summed E-state index contributed by atoms with van der Waals surface area (Å²) in [6.45, 7) is 12.5. The van der Waals surface area contributed by atoms with Crippen LogP contribution in [0.25, 0.3) is 11.4 Å².